The summed E-state index contributed by atoms with van der Waals surface area (Å²) >= 11 is 5.78. The molecule has 0 aliphatic carbocycles. The number of hydrogen-bond acceptors (Lipinski definition) is 3. The quantitative estimate of drug-likeness (QED) is 0.754. The molecule has 2 aromatic rings. The van der Waals surface area contributed by atoms with Crippen molar-refractivity contribution in [2.75, 3.05) is 6.61 Å². The van der Waals surface area contributed by atoms with Crippen LogP contribution >= 0.6 is 11.6 Å². The van der Waals surface area contributed by atoms with Crippen molar-refractivity contribution in [1.29, 1.82) is 0 Å². The van der Waals surface area contributed by atoms with Crippen LogP contribution in [0.25, 0.3) is 5.57 Å². The van der Waals surface area contributed by atoms with Gasteiger partial charge in [-0.3, -0.25) is 9.59 Å². The molecule has 0 spiro atoms. The van der Waals surface area contributed by atoms with Crippen LogP contribution in [0.1, 0.15) is 36.6 Å². The lowest BCUT2D eigenvalue weighted by Gasteiger charge is -2.17. The lowest BCUT2D eigenvalue weighted by Crippen LogP contribution is -2.23. The summed E-state index contributed by atoms with van der Waals surface area (Å²) in [5, 5.41) is 2.71. The first-order valence-electron chi connectivity index (χ1n) is 8.94. The van der Waals surface area contributed by atoms with E-state index in [1.165, 1.54) is 24.3 Å². The summed E-state index contributed by atoms with van der Waals surface area (Å²) in [6.45, 7) is 1.68. The number of pyridine rings is 1. The molecule has 154 valence electrons. The Morgan fingerprint density at radius 1 is 1.28 bits per heavy atom. The maximum Gasteiger partial charge on any atom is 0.419 e. The molecule has 5 nitrogen and oxygen atoms in total. The second-order valence-corrected chi connectivity index (χ2v) is 6.89. The lowest BCUT2D eigenvalue weighted by molar-refractivity contribution is -0.139. The molecular formula is C20H18ClF3N2O3. The first-order chi connectivity index (χ1) is 13.7. The number of rotatable bonds is 5. The fourth-order valence-electron chi connectivity index (χ4n) is 3.12. The van der Waals surface area contributed by atoms with Crippen LogP contribution in [0.4, 0.5) is 13.2 Å². The van der Waals surface area contributed by atoms with Gasteiger partial charge in [-0.2, -0.15) is 13.2 Å². The van der Waals surface area contributed by atoms with Gasteiger partial charge in [0.05, 0.1) is 12.2 Å². The number of halogens is 4. The Bertz CT molecular complexity index is 1010. The molecule has 1 aliphatic heterocycles. The summed E-state index contributed by atoms with van der Waals surface area (Å²) in [7, 11) is 0. The van der Waals surface area contributed by atoms with Crippen LogP contribution in [0.15, 0.2) is 41.2 Å². The van der Waals surface area contributed by atoms with E-state index >= 15 is 0 Å². The van der Waals surface area contributed by atoms with Crippen LogP contribution in [0.2, 0.25) is 5.02 Å². The predicted molar refractivity (Wildman–Crippen MR) is 103 cm³/mol. The Morgan fingerprint density at radius 2 is 2.03 bits per heavy atom. The minimum absolute atomic E-state index is 0.0371. The largest absolute Gasteiger partial charge is 0.493 e. The molecular weight excluding hydrogens is 409 g/mol. The highest BCUT2D eigenvalue weighted by Gasteiger charge is 2.35. The summed E-state index contributed by atoms with van der Waals surface area (Å²) in [6.07, 6.45) is -2.16. The molecule has 1 atom stereocenters. The molecule has 2 N–H and O–H groups in total. The zero-order chi connectivity index (χ0) is 21.2. The normalized spacial score (nSPS) is 17.3. The van der Waals surface area contributed by atoms with Crippen molar-refractivity contribution in [3.63, 3.8) is 0 Å². The molecule has 1 amide bonds. The van der Waals surface area contributed by atoms with Gasteiger partial charge in [-0.05, 0) is 43.2 Å². The van der Waals surface area contributed by atoms with Crippen molar-refractivity contribution < 1.29 is 22.7 Å². The minimum atomic E-state index is -4.62. The maximum atomic E-state index is 13.6. The van der Waals surface area contributed by atoms with Gasteiger partial charge in [0.2, 0.25) is 5.91 Å². The van der Waals surface area contributed by atoms with E-state index < -0.39 is 17.3 Å². The average Bonchev–Trinajstić information content (AvgIpc) is 3.07. The Balaban J connectivity index is 2.15. The molecule has 1 saturated heterocycles. The number of amides is 1. The molecule has 3 rings (SSSR count). The molecule has 0 radical (unpaired) electrons. The molecule has 1 fully saturated rings. The Labute approximate surface area is 169 Å². The minimum Gasteiger partial charge on any atom is -0.493 e. The SMILES string of the molecule is CCOc1ccc(/C(=C\[C@H]2CCC(=O)N2)c2ccc(Cl)c(=O)[nH]2)cc1C(F)(F)F. The second kappa shape index (κ2) is 8.32. The average molecular weight is 427 g/mol. The van der Waals surface area contributed by atoms with E-state index in [9.17, 15) is 22.8 Å². The third-order valence-electron chi connectivity index (χ3n) is 4.44. The van der Waals surface area contributed by atoms with E-state index in [1.807, 2.05) is 0 Å². The fourth-order valence-corrected chi connectivity index (χ4v) is 3.23. The van der Waals surface area contributed by atoms with Gasteiger partial charge in [0.15, 0.2) is 0 Å². The zero-order valence-corrected chi connectivity index (χ0v) is 16.2. The molecule has 0 saturated carbocycles. The van der Waals surface area contributed by atoms with Crippen LogP contribution in [-0.2, 0) is 11.0 Å². The Hall–Kier alpha value is -2.74. The van der Waals surface area contributed by atoms with Crippen molar-refractivity contribution in [3.05, 3.63) is 68.6 Å². The number of aromatic amines is 1. The highest BCUT2D eigenvalue weighted by molar-refractivity contribution is 6.30. The number of benzene rings is 1. The van der Waals surface area contributed by atoms with Gasteiger partial charge in [-0.25, -0.2) is 0 Å². The number of aromatic nitrogens is 1. The number of hydrogen-bond donors (Lipinski definition) is 2. The summed E-state index contributed by atoms with van der Waals surface area (Å²) in [6, 6.07) is 6.22. The first-order valence-corrected chi connectivity index (χ1v) is 9.31. The number of ether oxygens (including phenoxy) is 1. The van der Waals surface area contributed by atoms with Crippen molar-refractivity contribution in [1.82, 2.24) is 10.3 Å². The molecule has 0 unspecified atom stereocenters. The molecule has 1 aromatic heterocycles. The van der Waals surface area contributed by atoms with Gasteiger partial charge in [-0.15, -0.1) is 0 Å². The number of nitrogens with one attached hydrogen (secondary N) is 2. The standard InChI is InChI=1S/C20H18ClF3N2O3/c1-2-29-17-7-3-11(9-14(17)20(22,23)24)13(10-12-4-8-18(27)25-12)16-6-5-15(21)19(28)26-16/h3,5-7,9-10,12H,2,4,8H2,1H3,(H,25,27)(H,26,28)/b13-10+/t12-/m1/s1. The van der Waals surface area contributed by atoms with Crippen LogP contribution in [-0.4, -0.2) is 23.5 Å². The second-order valence-electron chi connectivity index (χ2n) is 6.48. The van der Waals surface area contributed by atoms with E-state index in [4.69, 9.17) is 16.3 Å². The lowest BCUT2D eigenvalue weighted by atomic mass is 9.96. The summed E-state index contributed by atoms with van der Waals surface area (Å²) in [4.78, 5) is 26.1. The van der Waals surface area contributed by atoms with Crippen molar-refractivity contribution in [2.45, 2.75) is 32.0 Å². The van der Waals surface area contributed by atoms with E-state index in [2.05, 4.69) is 10.3 Å². The summed E-state index contributed by atoms with van der Waals surface area (Å²) < 4.78 is 45.8. The monoisotopic (exact) mass is 426 g/mol. The van der Waals surface area contributed by atoms with Gasteiger partial charge in [-0.1, -0.05) is 23.7 Å². The number of alkyl halides is 3. The predicted octanol–water partition coefficient (Wildman–Crippen LogP) is 4.16. The fraction of sp³-hybridized carbons (Fsp3) is 0.300. The van der Waals surface area contributed by atoms with Gasteiger partial charge in [0, 0.05) is 23.7 Å². The van der Waals surface area contributed by atoms with Crippen molar-refractivity contribution in [2.24, 2.45) is 0 Å². The van der Waals surface area contributed by atoms with Crippen LogP contribution in [0, 0.1) is 0 Å². The Kier molecular flexibility index (Phi) is 6.02. The first kappa shape index (κ1) is 21.0. The molecule has 0 bridgehead atoms. The van der Waals surface area contributed by atoms with Crippen LogP contribution < -0.4 is 15.6 Å². The van der Waals surface area contributed by atoms with Gasteiger partial charge < -0.3 is 15.0 Å². The van der Waals surface area contributed by atoms with E-state index in [-0.39, 0.29) is 40.6 Å². The smallest absolute Gasteiger partial charge is 0.419 e. The molecule has 2 heterocycles. The van der Waals surface area contributed by atoms with Crippen molar-refractivity contribution >= 4 is 23.1 Å². The molecule has 29 heavy (non-hydrogen) atoms. The van der Waals surface area contributed by atoms with E-state index in [0.29, 0.717) is 18.4 Å². The zero-order valence-electron chi connectivity index (χ0n) is 15.4. The molecule has 9 heteroatoms. The maximum absolute atomic E-state index is 13.6. The molecule has 1 aromatic carbocycles. The third-order valence-corrected chi connectivity index (χ3v) is 4.74. The van der Waals surface area contributed by atoms with Gasteiger partial charge >= 0.3 is 6.18 Å². The molecule has 1 aliphatic rings. The van der Waals surface area contributed by atoms with E-state index in [0.717, 1.165) is 6.07 Å². The van der Waals surface area contributed by atoms with Gasteiger partial charge in [0.1, 0.15) is 10.8 Å². The van der Waals surface area contributed by atoms with Crippen molar-refractivity contribution in [3.8, 4) is 5.75 Å². The third kappa shape index (κ3) is 4.82. The summed E-state index contributed by atoms with van der Waals surface area (Å²) in [5.41, 5.74) is -0.626. The van der Waals surface area contributed by atoms with Crippen LogP contribution in [0.3, 0.4) is 0 Å². The topological polar surface area (TPSA) is 71.2 Å². The highest BCUT2D eigenvalue weighted by Crippen LogP contribution is 2.39. The van der Waals surface area contributed by atoms with Crippen LogP contribution in [0.5, 0.6) is 5.75 Å². The summed E-state index contributed by atoms with van der Waals surface area (Å²) in [5.74, 6) is -0.417. The highest BCUT2D eigenvalue weighted by atomic mass is 35.5. The number of H-pyrrole nitrogens is 1. The number of carbonyl (C=O) groups is 1. The van der Waals surface area contributed by atoms with E-state index in [1.54, 1.807) is 13.0 Å². The number of carbonyl (C=O) groups excluding carboxylic acids is 1. The van der Waals surface area contributed by atoms with Gasteiger partial charge in [0.25, 0.3) is 5.56 Å². The Morgan fingerprint density at radius 3 is 2.62 bits per heavy atom.